The van der Waals surface area contributed by atoms with Gasteiger partial charge in [-0.25, -0.2) is 4.39 Å². The molecule has 1 aromatic rings. The van der Waals surface area contributed by atoms with Crippen molar-refractivity contribution in [2.75, 3.05) is 40.0 Å². The van der Waals surface area contributed by atoms with E-state index in [9.17, 15) is 9.50 Å². The maximum absolute atomic E-state index is 13.6. The van der Waals surface area contributed by atoms with Crippen molar-refractivity contribution in [2.24, 2.45) is 0 Å². The molecule has 0 amide bonds. The fourth-order valence-electron chi connectivity index (χ4n) is 2.38. The molecule has 0 unspecified atom stereocenters. The standard InChI is InChI=1S/C13H17Br2FN2O2/c1-20-10-6-8(11(14)12(15)13(10)19)9(7-16)18-4-2-17-3-5-18/h6,9,17,19H,2-5,7H2,1H3/t9-/m1/s1. The first kappa shape index (κ1) is 16.0. The van der Waals surface area contributed by atoms with Crippen LogP contribution in [-0.2, 0) is 0 Å². The summed E-state index contributed by atoms with van der Waals surface area (Å²) in [6, 6.07) is 1.34. The van der Waals surface area contributed by atoms with Crippen LogP contribution < -0.4 is 10.1 Å². The molecule has 2 rings (SSSR count). The molecule has 1 saturated heterocycles. The molecule has 1 fully saturated rings. The Balaban J connectivity index is 2.40. The van der Waals surface area contributed by atoms with Gasteiger partial charge in [-0.1, -0.05) is 0 Å². The van der Waals surface area contributed by atoms with Crippen LogP contribution in [0.2, 0.25) is 0 Å². The number of alkyl halides is 1. The lowest BCUT2D eigenvalue weighted by Crippen LogP contribution is -2.45. The lowest BCUT2D eigenvalue weighted by Gasteiger charge is -2.34. The number of benzene rings is 1. The molecule has 1 aromatic carbocycles. The third kappa shape index (κ3) is 3.10. The van der Waals surface area contributed by atoms with Crippen LogP contribution in [0.5, 0.6) is 11.5 Å². The van der Waals surface area contributed by atoms with Crippen molar-refractivity contribution in [1.29, 1.82) is 0 Å². The Kier molecular flexibility index (Phi) is 5.65. The summed E-state index contributed by atoms with van der Waals surface area (Å²) in [4.78, 5) is 2.10. The minimum absolute atomic E-state index is 0.0149. The lowest BCUT2D eigenvalue weighted by molar-refractivity contribution is 0.146. The minimum atomic E-state index is -0.487. The lowest BCUT2D eigenvalue weighted by atomic mass is 10.0. The number of rotatable bonds is 4. The summed E-state index contributed by atoms with van der Waals surface area (Å²) in [5.41, 5.74) is 0.774. The Morgan fingerprint density at radius 3 is 2.60 bits per heavy atom. The number of piperazine rings is 1. The van der Waals surface area contributed by atoms with Gasteiger partial charge in [0.1, 0.15) is 6.67 Å². The summed E-state index contributed by atoms with van der Waals surface area (Å²) >= 11 is 6.74. The van der Waals surface area contributed by atoms with Crippen LogP contribution in [-0.4, -0.2) is 50.0 Å². The van der Waals surface area contributed by atoms with Crippen molar-refractivity contribution in [3.05, 3.63) is 20.6 Å². The first-order valence-corrected chi connectivity index (χ1v) is 7.94. The van der Waals surface area contributed by atoms with Gasteiger partial charge >= 0.3 is 0 Å². The van der Waals surface area contributed by atoms with Gasteiger partial charge in [0.05, 0.1) is 17.6 Å². The molecule has 1 aliphatic heterocycles. The van der Waals surface area contributed by atoms with Crippen molar-refractivity contribution >= 4 is 31.9 Å². The molecule has 0 aliphatic carbocycles. The van der Waals surface area contributed by atoms with Crippen LogP contribution in [0.15, 0.2) is 15.0 Å². The summed E-state index contributed by atoms with van der Waals surface area (Å²) in [5, 5.41) is 13.2. The van der Waals surface area contributed by atoms with E-state index in [2.05, 4.69) is 42.1 Å². The Labute approximate surface area is 134 Å². The van der Waals surface area contributed by atoms with Gasteiger partial charge in [-0.15, -0.1) is 0 Å². The van der Waals surface area contributed by atoms with E-state index in [0.717, 1.165) is 31.7 Å². The van der Waals surface area contributed by atoms with E-state index in [4.69, 9.17) is 4.74 Å². The molecule has 1 aliphatic rings. The Morgan fingerprint density at radius 1 is 1.40 bits per heavy atom. The molecule has 1 heterocycles. The zero-order chi connectivity index (χ0) is 14.7. The minimum Gasteiger partial charge on any atom is -0.503 e. The van der Waals surface area contributed by atoms with Gasteiger partial charge in [0.2, 0.25) is 0 Å². The number of phenols is 1. The predicted octanol–water partition coefficient (Wildman–Crippen LogP) is 2.84. The van der Waals surface area contributed by atoms with E-state index in [1.165, 1.54) is 7.11 Å². The second-order valence-corrected chi connectivity index (χ2v) is 6.19. The highest BCUT2D eigenvalue weighted by atomic mass is 79.9. The molecule has 0 saturated carbocycles. The fourth-order valence-corrected chi connectivity index (χ4v) is 3.37. The number of methoxy groups -OCH3 is 1. The van der Waals surface area contributed by atoms with E-state index in [-0.39, 0.29) is 11.8 Å². The monoisotopic (exact) mass is 410 g/mol. The van der Waals surface area contributed by atoms with Crippen LogP contribution in [0, 0.1) is 0 Å². The highest BCUT2D eigenvalue weighted by molar-refractivity contribution is 9.13. The third-order valence-corrected chi connectivity index (χ3v) is 5.65. The van der Waals surface area contributed by atoms with Crippen molar-refractivity contribution in [2.45, 2.75) is 6.04 Å². The van der Waals surface area contributed by atoms with Gasteiger partial charge in [0.25, 0.3) is 0 Å². The zero-order valence-corrected chi connectivity index (χ0v) is 14.3. The van der Waals surface area contributed by atoms with Crippen LogP contribution >= 0.6 is 31.9 Å². The SMILES string of the molecule is COc1cc([C@@H](CF)N2CCNCC2)c(Br)c(Br)c1O. The number of phenolic OH excluding ortho intramolecular Hbond substituents is 1. The number of nitrogens with one attached hydrogen (secondary N) is 1. The molecule has 4 nitrogen and oxygen atoms in total. The van der Waals surface area contributed by atoms with E-state index < -0.39 is 6.67 Å². The molecule has 112 valence electrons. The molecule has 20 heavy (non-hydrogen) atoms. The summed E-state index contributed by atoms with van der Waals surface area (Å²) in [7, 11) is 1.48. The van der Waals surface area contributed by atoms with Gasteiger partial charge in [-0.2, -0.15) is 0 Å². The topological polar surface area (TPSA) is 44.7 Å². The Bertz CT molecular complexity index is 482. The van der Waals surface area contributed by atoms with Crippen LogP contribution in [0.3, 0.4) is 0 Å². The molecule has 0 aromatic heterocycles. The van der Waals surface area contributed by atoms with E-state index >= 15 is 0 Å². The first-order valence-electron chi connectivity index (χ1n) is 6.35. The second-order valence-electron chi connectivity index (χ2n) is 4.60. The third-order valence-electron chi connectivity index (χ3n) is 3.49. The van der Waals surface area contributed by atoms with Gasteiger partial charge in [-0.05, 0) is 43.5 Å². The largest absolute Gasteiger partial charge is 0.503 e. The Morgan fingerprint density at radius 2 is 2.05 bits per heavy atom. The molecule has 0 bridgehead atoms. The van der Waals surface area contributed by atoms with Crippen molar-refractivity contribution in [1.82, 2.24) is 10.2 Å². The smallest absolute Gasteiger partial charge is 0.173 e. The molecule has 0 spiro atoms. The van der Waals surface area contributed by atoms with Gasteiger partial charge < -0.3 is 15.2 Å². The number of aromatic hydroxyl groups is 1. The molecule has 0 radical (unpaired) electrons. The number of nitrogens with zero attached hydrogens (tertiary/aromatic N) is 1. The van der Waals surface area contributed by atoms with Crippen LogP contribution in [0.25, 0.3) is 0 Å². The molecular formula is C13H17Br2FN2O2. The molecule has 7 heteroatoms. The average Bonchev–Trinajstić information content (AvgIpc) is 2.49. The summed E-state index contributed by atoms with van der Waals surface area (Å²) < 4.78 is 19.9. The second kappa shape index (κ2) is 7.06. The highest BCUT2D eigenvalue weighted by Gasteiger charge is 2.27. The quantitative estimate of drug-likeness (QED) is 0.799. The number of halogens is 3. The first-order chi connectivity index (χ1) is 9.60. The fraction of sp³-hybridized carbons (Fsp3) is 0.538. The average molecular weight is 412 g/mol. The van der Waals surface area contributed by atoms with Gasteiger partial charge in [0.15, 0.2) is 11.5 Å². The molecule has 1 atom stereocenters. The van der Waals surface area contributed by atoms with Crippen molar-refractivity contribution in [3.8, 4) is 11.5 Å². The number of ether oxygens (including phenoxy) is 1. The zero-order valence-electron chi connectivity index (χ0n) is 11.1. The maximum Gasteiger partial charge on any atom is 0.173 e. The van der Waals surface area contributed by atoms with Crippen LogP contribution in [0.1, 0.15) is 11.6 Å². The van der Waals surface area contributed by atoms with Crippen molar-refractivity contribution < 1.29 is 14.2 Å². The van der Waals surface area contributed by atoms with E-state index in [1.807, 2.05) is 0 Å². The molecule has 2 N–H and O–H groups in total. The van der Waals surface area contributed by atoms with Crippen LogP contribution in [0.4, 0.5) is 4.39 Å². The van der Waals surface area contributed by atoms with Gasteiger partial charge in [-0.3, -0.25) is 4.90 Å². The summed E-state index contributed by atoms with van der Waals surface area (Å²) in [6.45, 7) is 2.80. The van der Waals surface area contributed by atoms with E-state index in [1.54, 1.807) is 6.07 Å². The number of hydrogen-bond acceptors (Lipinski definition) is 4. The number of hydrogen-bond donors (Lipinski definition) is 2. The van der Waals surface area contributed by atoms with Crippen molar-refractivity contribution in [3.63, 3.8) is 0 Å². The summed E-state index contributed by atoms with van der Waals surface area (Å²) in [6.07, 6.45) is 0. The molecular weight excluding hydrogens is 395 g/mol. The normalized spacial score (nSPS) is 18.0. The Hall–Kier alpha value is -0.370. The predicted molar refractivity (Wildman–Crippen MR) is 83.2 cm³/mol. The summed E-state index contributed by atoms with van der Waals surface area (Å²) in [5.74, 6) is 0.352. The van der Waals surface area contributed by atoms with Gasteiger partial charge in [0, 0.05) is 30.7 Å². The highest BCUT2D eigenvalue weighted by Crippen LogP contribution is 2.44. The maximum atomic E-state index is 13.6. The van der Waals surface area contributed by atoms with E-state index in [0.29, 0.717) is 14.7 Å².